The van der Waals surface area contributed by atoms with E-state index in [-0.39, 0.29) is 31.3 Å². The predicted molar refractivity (Wildman–Crippen MR) is 193 cm³/mol. The van der Waals surface area contributed by atoms with Crippen LogP contribution in [0.5, 0.6) is 0 Å². The van der Waals surface area contributed by atoms with Crippen LogP contribution in [0.15, 0.2) is 115 Å². The zero-order valence-corrected chi connectivity index (χ0v) is 29.2. The first-order valence-corrected chi connectivity index (χ1v) is 17.7. The average molecular weight is 708 g/mol. The number of benzene rings is 4. The van der Waals surface area contributed by atoms with Crippen molar-refractivity contribution >= 4 is 23.8 Å². The Kier molecular flexibility index (Phi) is 12.1. The van der Waals surface area contributed by atoms with Crippen molar-refractivity contribution in [2.24, 2.45) is 5.92 Å². The molecule has 0 bridgehead atoms. The van der Waals surface area contributed by atoms with Gasteiger partial charge in [-0.15, -0.1) is 0 Å². The number of rotatable bonds is 13. The maximum atomic E-state index is 13.0. The summed E-state index contributed by atoms with van der Waals surface area (Å²) >= 11 is 1.55. The number of nitrogens with zero attached hydrogens (tertiary/aromatic N) is 2. The molecule has 11 nitrogen and oxygen atoms in total. The van der Waals surface area contributed by atoms with Crippen molar-refractivity contribution in [3.05, 3.63) is 137 Å². The lowest BCUT2D eigenvalue weighted by molar-refractivity contribution is -0.268. The minimum absolute atomic E-state index is 0.0209. The van der Waals surface area contributed by atoms with Crippen LogP contribution >= 0.6 is 11.8 Å². The Balaban J connectivity index is 1.15. The van der Waals surface area contributed by atoms with Crippen molar-refractivity contribution in [3.63, 3.8) is 0 Å². The Labute approximate surface area is 301 Å². The summed E-state index contributed by atoms with van der Waals surface area (Å²) < 4.78 is 18.1. The number of methoxy groups -OCH3 is 1. The summed E-state index contributed by atoms with van der Waals surface area (Å²) in [6.45, 7) is 2.35. The number of ether oxygens (including phenoxy) is 3. The van der Waals surface area contributed by atoms with Gasteiger partial charge in [-0.2, -0.15) is 5.10 Å². The minimum Gasteiger partial charge on any atom is -0.467 e. The van der Waals surface area contributed by atoms with Crippen LogP contribution in [-0.2, 0) is 38.6 Å². The molecule has 1 aromatic heterocycles. The SMILES string of the molecule is COC(=O)[C@H](Cc1ccccc1)NC(=O)NCc1ccccc1-c1ccc([C@H]2O[C@@H](CSc3ncn[nH]3)[C@@H](C)[C@@H](c3ccc(CO)cc3)O2)cc1. The Morgan fingerprint density at radius 2 is 1.65 bits per heavy atom. The third-order valence-electron chi connectivity index (χ3n) is 8.92. The number of esters is 1. The molecule has 0 aliphatic carbocycles. The molecule has 0 saturated carbocycles. The van der Waals surface area contributed by atoms with E-state index in [1.807, 2.05) is 103 Å². The number of aromatic amines is 1. The summed E-state index contributed by atoms with van der Waals surface area (Å²) in [5, 5.41) is 22.8. The van der Waals surface area contributed by atoms with Crippen molar-refractivity contribution in [2.45, 2.75) is 56.2 Å². The molecule has 4 N–H and O–H groups in total. The van der Waals surface area contributed by atoms with Crippen LogP contribution in [-0.4, -0.2) is 57.3 Å². The average Bonchev–Trinajstić information content (AvgIpc) is 3.71. The van der Waals surface area contributed by atoms with Gasteiger partial charge in [0.1, 0.15) is 12.4 Å². The topological polar surface area (TPSA) is 148 Å². The summed E-state index contributed by atoms with van der Waals surface area (Å²) in [4.78, 5) is 29.6. The van der Waals surface area contributed by atoms with Crippen LogP contribution in [0.2, 0.25) is 0 Å². The van der Waals surface area contributed by atoms with Crippen LogP contribution in [0, 0.1) is 5.92 Å². The molecule has 0 unspecified atom stereocenters. The highest BCUT2D eigenvalue weighted by molar-refractivity contribution is 7.99. The van der Waals surface area contributed by atoms with E-state index in [0.717, 1.165) is 44.1 Å². The van der Waals surface area contributed by atoms with Gasteiger partial charge in [0.2, 0.25) is 0 Å². The lowest BCUT2D eigenvalue weighted by Crippen LogP contribution is -2.47. The second-order valence-electron chi connectivity index (χ2n) is 12.3. The molecular formula is C39H41N5O6S. The summed E-state index contributed by atoms with van der Waals surface area (Å²) in [7, 11) is 1.31. The normalized spacial score (nSPS) is 19.2. The summed E-state index contributed by atoms with van der Waals surface area (Å²) in [5.74, 6) is 0.176. The number of aliphatic hydroxyl groups is 1. The number of aromatic nitrogens is 3. The maximum Gasteiger partial charge on any atom is 0.328 e. The van der Waals surface area contributed by atoms with Gasteiger partial charge in [-0.3, -0.25) is 5.10 Å². The number of urea groups is 1. The number of carbonyl (C=O) groups is 2. The molecule has 0 spiro atoms. The second kappa shape index (κ2) is 17.3. The van der Waals surface area contributed by atoms with Crippen LogP contribution in [0.25, 0.3) is 11.1 Å². The van der Waals surface area contributed by atoms with E-state index in [4.69, 9.17) is 14.2 Å². The van der Waals surface area contributed by atoms with Crippen molar-refractivity contribution < 1.29 is 28.9 Å². The van der Waals surface area contributed by atoms with Gasteiger partial charge in [-0.05, 0) is 33.4 Å². The first-order chi connectivity index (χ1) is 24.9. The molecule has 5 aromatic rings. The molecule has 2 heterocycles. The number of hydrogen-bond acceptors (Lipinski definition) is 9. The van der Waals surface area contributed by atoms with Crippen molar-refractivity contribution in [2.75, 3.05) is 12.9 Å². The standard InChI is InChI=1S/C39H41N5O6S/c1-25-34(23-51-39-41-24-42-44-39)49-37(50-35(25)29-14-12-27(22-45)13-15-29)30-18-16-28(17-19-30)32-11-7-6-10-31(32)21-40-38(47)43-33(36(46)48-2)20-26-8-4-3-5-9-26/h3-19,24-25,33-35,37,45H,20-23H2,1-2H3,(H2,40,43,47)(H,41,42,44)/t25-,33+,34+,35+,37+/m1/s1. The van der Waals surface area contributed by atoms with Crippen LogP contribution < -0.4 is 10.6 Å². The number of thioether (sulfide) groups is 1. The lowest BCUT2D eigenvalue weighted by atomic mass is 9.91. The van der Waals surface area contributed by atoms with Gasteiger partial charge >= 0.3 is 12.0 Å². The quantitative estimate of drug-likeness (QED) is 0.0838. The smallest absolute Gasteiger partial charge is 0.328 e. The third-order valence-corrected chi connectivity index (χ3v) is 9.89. The van der Waals surface area contributed by atoms with Crippen LogP contribution in [0.3, 0.4) is 0 Å². The minimum atomic E-state index is -0.827. The molecule has 4 aromatic carbocycles. The van der Waals surface area contributed by atoms with Gasteiger partial charge in [-0.1, -0.05) is 122 Å². The molecule has 2 amide bonds. The van der Waals surface area contributed by atoms with Crippen molar-refractivity contribution in [1.29, 1.82) is 0 Å². The van der Waals surface area contributed by atoms with Crippen molar-refractivity contribution in [3.8, 4) is 11.1 Å². The Morgan fingerprint density at radius 3 is 2.35 bits per heavy atom. The van der Waals surface area contributed by atoms with Gasteiger partial charge in [0.15, 0.2) is 11.4 Å². The molecule has 1 fully saturated rings. The molecule has 1 aliphatic heterocycles. The molecule has 51 heavy (non-hydrogen) atoms. The molecule has 1 saturated heterocycles. The summed E-state index contributed by atoms with van der Waals surface area (Å²) in [6, 6.07) is 31.9. The molecule has 1 aliphatic rings. The Morgan fingerprint density at radius 1 is 0.922 bits per heavy atom. The van der Waals surface area contributed by atoms with E-state index in [2.05, 4.69) is 32.7 Å². The first-order valence-electron chi connectivity index (χ1n) is 16.7. The molecular weight excluding hydrogens is 667 g/mol. The summed E-state index contributed by atoms with van der Waals surface area (Å²) in [6.07, 6.45) is 0.807. The van der Waals surface area contributed by atoms with E-state index >= 15 is 0 Å². The second-order valence-corrected chi connectivity index (χ2v) is 13.3. The molecule has 5 atom stereocenters. The monoisotopic (exact) mass is 707 g/mol. The predicted octanol–water partition coefficient (Wildman–Crippen LogP) is 6.13. The van der Waals surface area contributed by atoms with Gasteiger partial charge in [0.25, 0.3) is 0 Å². The van der Waals surface area contributed by atoms with Gasteiger partial charge in [0, 0.05) is 30.2 Å². The number of aliphatic hydroxyl groups excluding tert-OH is 1. The molecule has 0 radical (unpaired) electrons. The Hall–Kier alpha value is -5.01. The van der Waals surface area contributed by atoms with E-state index in [1.165, 1.54) is 13.4 Å². The van der Waals surface area contributed by atoms with E-state index in [1.54, 1.807) is 11.8 Å². The Bertz CT molecular complexity index is 1860. The highest BCUT2D eigenvalue weighted by Crippen LogP contribution is 2.43. The zero-order chi connectivity index (χ0) is 35.6. The summed E-state index contributed by atoms with van der Waals surface area (Å²) in [5.41, 5.74) is 6.47. The fourth-order valence-electron chi connectivity index (χ4n) is 6.08. The van der Waals surface area contributed by atoms with Gasteiger partial charge in [-0.25, -0.2) is 14.6 Å². The van der Waals surface area contributed by atoms with Gasteiger partial charge in [0.05, 0.1) is 25.9 Å². The number of carbonyl (C=O) groups excluding carboxylic acids is 2. The van der Waals surface area contributed by atoms with Gasteiger partial charge < -0.3 is 30.0 Å². The highest BCUT2D eigenvalue weighted by Gasteiger charge is 2.38. The number of amides is 2. The number of H-pyrrole nitrogens is 1. The van der Waals surface area contributed by atoms with Crippen LogP contribution in [0.1, 0.15) is 47.1 Å². The van der Waals surface area contributed by atoms with Crippen LogP contribution in [0.4, 0.5) is 4.79 Å². The van der Waals surface area contributed by atoms with E-state index in [9.17, 15) is 14.7 Å². The first kappa shape index (κ1) is 35.8. The third kappa shape index (κ3) is 9.21. The molecule has 264 valence electrons. The molecule has 6 rings (SSSR count). The van der Waals surface area contributed by atoms with E-state index < -0.39 is 24.3 Å². The van der Waals surface area contributed by atoms with E-state index in [0.29, 0.717) is 12.2 Å². The lowest BCUT2D eigenvalue weighted by Gasteiger charge is -2.41. The zero-order valence-electron chi connectivity index (χ0n) is 28.4. The largest absolute Gasteiger partial charge is 0.467 e. The molecule has 12 heteroatoms. The number of nitrogens with one attached hydrogen (secondary N) is 3. The highest BCUT2D eigenvalue weighted by atomic mass is 32.2. The maximum absolute atomic E-state index is 13.0. The van der Waals surface area contributed by atoms with Crippen molar-refractivity contribution in [1.82, 2.24) is 25.8 Å². The fourth-order valence-corrected chi connectivity index (χ4v) is 7.02. The number of hydrogen-bond donors (Lipinski definition) is 4. The fraction of sp³-hybridized carbons (Fsp3) is 0.282.